The smallest absolute Gasteiger partial charge is 0.156 e. The molecule has 5 nitrogen and oxygen atoms in total. The van der Waals surface area contributed by atoms with E-state index in [9.17, 15) is 0 Å². The highest BCUT2D eigenvalue weighted by Gasteiger charge is 2.31. The van der Waals surface area contributed by atoms with Gasteiger partial charge in [0, 0.05) is 24.7 Å². The standard InChI is InChI=1S/C12H20N4O/c1-8-9(2)14-15-12(11(8)7-13)16(5-6-17)10-3-4-10/h10,17H,3-7,13H2,1-2H3. The zero-order chi connectivity index (χ0) is 12.4. The van der Waals surface area contributed by atoms with Crippen LogP contribution in [0.2, 0.25) is 0 Å². The van der Waals surface area contributed by atoms with E-state index < -0.39 is 0 Å². The summed E-state index contributed by atoms with van der Waals surface area (Å²) in [4.78, 5) is 2.14. The van der Waals surface area contributed by atoms with Crippen molar-refractivity contribution in [2.75, 3.05) is 18.1 Å². The fourth-order valence-corrected chi connectivity index (χ4v) is 2.07. The third-order valence-electron chi connectivity index (χ3n) is 3.36. The molecule has 94 valence electrons. The van der Waals surface area contributed by atoms with E-state index in [1.54, 1.807) is 0 Å². The molecule has 1 saturated carbocycles. The number of hydrogen-bond acceptors (Lipinski definition) is 5. The largest absolute Gasteiger partial charge is 0.395 e. The second kappa shape index (κ2) is 4.98. The Kier molecular flexibility index (Phi) is 3.59. The molecule has 0 radical (unpaired) electrons. The molecule has 5 heteroatoms. The summed E-state index contributed by atoms with van der Waals surface area (Å²) in [6.07, 6.45) is 2.33. The lowest BCUT2D eigenvalue weighted by atomic mass is 10.1. The molecule has 1 aliphatic carbocycles. The van der Waals surface area contributed by atoms with Crippen LogP contribution in [0.4, 0.5) is 5.82 Å². The van der Waals surface area contributed by atoms with Crippen molar-refractivity contribution in [2.24, 2.45) is 5.73 Å². The molecule has 17 heavy (non-hydrogen) atoms. The van der Waals surface area contributed by atoms with Gasteiger partial charge in [0.15, 0.2) is 5.82 Å². The zero-order valence-corrected chi connectivity index (χ0v) is 10.5. The number of rotatable bonds is 5. The van der Waals surface area contributed by atoms with Gasteiger partial charge in [-0.3, -0.25) is 0 Å². The number of aliphatic hydroxyl groups excluding tert-OH is 1. The molecule has 0 bridgehead atoms. The molecule has 3 N–H and O–H groups in total. The molecule has 2 rings (SSSR count). The van der Waals surface area contributed by atoms with E-state index in [1.807, 2.05) is 13.8 Å². The maximum atomic E-state index is 9.14. The number of anilines is 1. The maximum Gasteiger partial charge on any atom is 0.156 e. The summed E-state index contributed by atoms with van der Waals surface area (Å²) in [6.45, 7) is 5.18. The van der Waals surface area contributed by atoms with Crippen LogP contribution in [0.1, 0.15) is 29.7 Å². The van der Waals surface area contributed by atoms with E-state index >= 15 is 0 Å². The Hall–Kier alpha value is -1.20. The van der Waals surface area contributed by atoms with Gasteiger partial charge in [-0.25, -0.2) is 0 Å². The van der Waals surface area contributed by atoms with Crippen molar-refractivity contribution in [2.45, 2.75) is 39.3 Å². The van der Waals surface area contributed by atoms with Crippen LogP contribution in [0, 0.1) is 13.8 Å². The summed E-state index contributed by atoms with van der Waals surface area (Å²) in [5, 5.41) is 17.6. The monoisotopic (exact) mass is 236 g/mol. The first kappa shape index (κ1) is 12.3. The van der Waals surface area contributed by atoms with Gasteiger partial charge in [-0.1, -0.05) is 0 Å². The first-order chi connectivity index (χ1) is 8.19. The van der Waals surface area contributed by atoms with E-state index in [1.165, 1.54) is 12.8 Å². The number of aliphatic hydroxyl groups is 1. The van der Waals surface area contributed by atoms with Crippen LogP contribution in [-0.4, -0.2) is 34.5 Å². The summed E-state index contributed by atoms with van der Waals surface area (Å²) in [5.74, 6) is 0.854. The average Bonchev–Trinajstić information content (AvgIpc) is 3.14. The molecule has 0 unspecified atom stereocenters. The Morgan fingerprint density at radius 1 is 1.35 bits per heavy atom. The molecule has 0 aromatic carbocycles. The molecule has 0 spiro atoms. The Morgan fingerprint density at radius 2 is 2.06 bits per heavy atom. The van der Waals surface area contributed by atoms with E-state index in [-0.39, 0.29) is 6.61 Å². The van der Waals surface area contributed by atoms with Crippen molar-refractivity contribution in [1.29, 1.82) is 0 Å². The van der Waals surface area contributed by atoms with Crippen LogP contribution < -0.4 is 10.6 Å². The fourth-order valence-electron chi connectivity index (χ4n) is 2.07. The summed E-state index contributed by atoms with van der Waals surface area (Å²) >= 11 is 0. The first-order valence-corrected chi connectivity index (χ1v) is 6.09. The van der Waals surface area contributed by atoms with Gasteiger partial charge >= 0.3 is 0 Å². The van der Waals surface area contributed by atoms with Crippen molar-refractivity contribution in [3.63, 3.8) is 0 Å². The van der Waals surface area contributed by atoms with Crippen molar-refractivity contribution in [1.82, 2.24) is 10.2 Å². The van der Waals surface area contributed by atoms with E-state index in [4.69, 9.17) is 10.8 Å². The minimum atomic E-state index is 0.134. The second-order valence-electron chi connectivity index (χ2n) is 4.56. The van der Waals surface area contributed by atoms with Gasteiger partial charge in [0.05, 0.1) is 12.3 Å². The third-order valence-corrected chi connectivity index (χ3v) is 3.36. The van der Waals surface area contributed by atoms with Gasteiger partial charge in [-0.05, 0) is 32.3 Å². The lowest BCUT2D eigenvalue weighted by Gasteiger charge is -2.25. The summed E-state index contributed by atoms with van der Waals surface area (Å²) in [7, 11) is 0. The number of hydrogen-bond donors (Lipinski definition) is 2. The highest BCUT2D eigenvalue weighted by Crippen LogP contribution is 2.32. The molecule has 0 amide bonds. The number of aryl methyl sites for hydroxylation is 1. The van der Waals surface area contributed by atoms with Gasteiger partial charge in [0.1, 0.15) is 0 Å². The van der Waals surface area contributed by atoms with Gasteiger partial charge in [0.25, 0.3) is 0 Å². The molecule has 1 aliphatic rings. The molecule has 1 aromatic rings. The quantitative estimate of drug-likeness (QED) is 0.779. The third kappa shape index (κ3) is 2.40. The molecule has 0 atom stereocenters. The van der Waals surface area contributed by atoms with Crippen molar-refractivity contribution >= 4 is 5.82 Å². The van der Waals surface area contributed by atoms with Crippen molar-refractivity contribution in [3.8, 4) is 0 Å². The molecule has 0 saturated heterocycles. The highest BCUT2D eigenvalue weighted by molar-refractivity contribution is 5.52. The molecule has 1 fully saturated rings. The Morgan fingerprint density at radius 3 is 2.59 bits per heavy atom. The van der Waals surface area contributed by atoms with Crippen LogP contribution in [-0.2, 0) is 6.54 Å². The van der Waals surface area contributed by atoms with Crippen LogP contribution in [0.25, 0.3) is 0 Å². The van der Waals surface area contributed by atoms with Gasteiger partial charge in [0.2, 0.25) is 0 Å². The number of aromatic nitrogens is 2. The molecule has 0 aliphatic heterocycles. The molecular formula is C12H20N4O. The van der Waals surface area contributed by atoms with E-state index in [2.05, 4.69) is 15.1 Å². The zero-order valence-electron chi connectivity index (χ0n) is 10.5. The highest BCUT2D eigenvalue weighted by atomic mass is 16.3. The lowest BCUT2D eigenvalue weighted by molar-refractivity contribution is 0.301. The van der Waals surface area contributed by atoms with Crippen LogP contribution in [0.15, 0.2) is 0 Å². The minimum absolute atomic E-state index is 0.134. The van der Waals surface area contributed by atoms with Crippen molar-refractivity contribution < 1.29 is 5.11 Å². The summed E-state index contributed by atoms with van der Waals surface area (Å²) < 4.78 is 0. The summed E-state index contributed by atoms with van der Waals surface area (Å²) in [6, 6.07) is 0.504. The number of nitrogens with zero attached hydrogens (tertiary/aromatic N) is 3. The van der Waals surface area contributed by atoms with Gasteiger partial charge in [-0.2, -0.15) is 5.10 Å². The Labute approximate surface area is 102 Å². The van der Waals surface area contributed by atoms with Gasteiger partial charge < -0.3 is 15.7 Å². The maximum absolute atomic E-state index is 9.14. The second-order valence-corrected chi connectivity index (χ2v) is 4.56. The summed E-state index contributed by atoms with van der Waals surface area (Å²) in [5.41, 5.74) is 8.91. The lowest BCUT2D eigenvalue weighted by Crippen LogP contribution is -2.32. The van der Waals surface area contributed by atoms with Gasteiger partial charge in [-0.15, -0.1) is 5.10 Å². The molecular weight excluding hydrogens is 216 g/mol. The van der Waals surface area contributed by atoms with E-state index in [0.29, 0.717) is 19.1 Å². The predicted molar refractivity (Wildman–Crippen MR) is 66.9 cm³/mol. The van der Waals surface area contributed by atoms with Crippen LogP contribution >= 0.6 is 0 Å². The predicted octanol–water partition coefficient (Wildman–Crippen LogP) is 0.513. The SMILES string of the molecule is Cc1nnc(N(CCO)C2CC2)c(CN)c1C. The average molecular weight is 236 g/mol. The molecule has 1 aromatic heterocycles. The van der Waals surface area contributed by atoms with Crippen LogP contribution in [0.3, 0.4) is 0 Å². The molecule has 1 heterocycles. The topological polar surface area (TPSA) is 75.3 Å². The van der Waals surface area contributed by atoms with Crippen LogP contribution in [0.5, 0.6) is 0 Å². The fraction of sp³-hybridized carbons (Fsp3) is 0.667. The Balaban J connectivity index is 2.38. The normalized spacial score (nSPS) is 15.1. The van der Waals surface area contributed by atoms with Crippen molar-refractivity contribution in [3.05, 3.63) is 16.8 Å². The minimum Gasteiger partial charge on any atom is -0.395 e. The van der Waals surface area contributed by atoms with E-state index in [0.717, 1.165) is 22.6 Å². The first-order valence-electron chi connectivity index (χ1n) is 6.09. The Bertz CT molecular complexity index is 404. The number of nitrogens with two attached hydrogens (primary N) is 1.